The smallest absolute Gasteiger partial charge is 0.220 e. The molecule has 30 heavy (non-hydrogen) atoms. The molecule has 0 bridgehead atoms. The van der Waals surface area contributed by atoms with Gasteiger partial charge in [-0.2, -0.15) is 0 Å². The second kappa shape index (κ2) is 10.2. The van der Waals surface area contributed by atoms with Gasteiger partial charge in [-0.15, -0.1) is 10.2 Å². The number of hydrogen-bond acceptors (Lipinski definition) is 4. The second-order valence-corrected chi connectivity index (χ2v) is 8.96. The van der Waals surface area contributed by atoms with Crippen molar-refractivity contribution in [3.05, 3.63) is 47.5 Å². The van der Waals surface area contributed by atoms with Crippen LogP contribution in [0.4, 0.5) is 0 Å². The Morgan fingerprint density at radius 1 is 1.10 bits per heavy atom. The monoisotopic (exact) mass is 409 g/mol. The van der Waals surface area contributed by atoms with Gasteiger partial charge in [0, 0.05) is 39.0 Å². The molecule has 1 amide bonds. The van der Waals surface area contributed by atoms with Crippen LogP contribution in [0.3, 0.4) is 0 Å². The molecule has 6 heteroatoms. The van der Waals surface area contributed by atoms with Gasteiger partial charge in [0.2, 0.25) is 5.91 Å². The molecule has 2 aromatic rings. The van der Waals surface area contributed by atoms with Crippen LogP contribution in [0.25, 0.3) is 0 Å². The van der Waals surface area contributed by atoms with Crippen LogP contribution < -0.4 is 5.32 Å². The van der Waals surface area contributed by atoms with E-state index < -0.39 is 0 Å². The SMILES string of the molecule is C[C@@H](NC(=O)CCc1ccccc1)c1nnc2n1CCN(CC1CCCCC1)CC2. The zero-order valence-corrected chi connectivity index (χ0v) is 18.2. The highest BCUT2D eigenvalue weighted by molar-refractivity contribution is 5.76. The molecule has 6 nitrogen and oxygen atoms in total. The Morgan fingerprint density at radius 3 is 2.70 bits per heavy atom. The van der Waals surface area contributed by atoms with Crippen LogP contribution in [0.1, 0.15) is 68.7 Å². The van der Waals surface area contributed by atoms with Crippen molar-refractivity contribution >= 4 is 5.91 Å². The average molecular weight is 410 g/mol. The second-order valence-electron chi connectivity index (χ2n) is 8.96. The van der Waals surface area contributed by atoms with Crippen molar-refractivity contribution in [2.75, 3.05) is 19.6 Å². The van der Waals surface area contributed by atoms with Crippen LogP contribution in [-0.4, -0.2) is 45.2 Å². The Balaban J connectivity index is 1.30. The number of fused-ring (bicyclic) bond motifs is 1. The third-order valence-corrected chi connectivity index (χ3v) is 6.64. The molecule has 1 aromatic heterocycles. The largest absolute Gasteiger partial charge is 0.346 e. The Kier molecular flexibility index (Phi) is 7.16. The van der Waals surface area contributed by atoms with Gasteiger partial charge in [0.15, 0.2) is 5.82 Å². The van der Waals surface area contributed by atoms with Crippen molar-refractivity contribution in [2.45, 2.75) is 70.9 Å². The van der Waals surface area contributed by atoms with E-state index in [1.54, 1.807) is 0 Å². The summed E-state index contributed by atoms with van der Waals surface area (Å²) < 4.78 is 2.24. The Labute approximate surface area is 180 Å². The number of aromatic nitrogens is 3. The fraction of sp³-hybridized carbons (Fsp3) is 0.625. The highest BCUT2D eigenvalue weighted by Crippen LogP contribution is 2.25. The molecule has 1 saturated carbocycles. The maximum atomic E-state index is 12.5. The van der Waals surface area contributed by atoms with Gasteiger partial charge < -0.3 is 14.8 Å². The van der Waals surface area contributed by atoms with Gasteiger partial charge in [0.25, 0.3) is 0 Å². The van der Waals surface area contributed by atoms with Crippen LogP contribution in [0, 0.1) is 5.92 Å². The molecule has 2 heterocycles. The van der Waals surface area contributed by atoms with Gasteiger partial charge in [0.1, 0.15) is 5.82 Å². The molecule has 0 spiro atoms. The lowest BCUT2D eigenvalue weighted by Gasteiger charge is -2.28. The van der Waals surface area contributed by atoms with Crippen LogP contribution in [0.15, 0.2) is 30.3 Å². The highest BCUT2D eigenvalue weighted by Gasteiger charge is 2.24. The predicted molar refractivity (Wildman–Crippen MR) is 118 cm³/mol. The molecule has 4 rings (SSSR count). The van der Waals surface area contributed by atoms with E-state index in [0.717, 1.165) is 50.0 Å². The number of nitrogens with zero attached hydrogens (tertiary/aromatic N) is 4. The summed E-state index contributed by atoms with van der Waals surface area (Å²) in [5, 5.41) is 12.0. The number of amides is 1. The zero-order chi connectivity index (χ0) is 20.8. The number of hydrogen-bond donors (Lipinski definition) is 1. The number of carbonyl (C=O) groups excluding carboxylic acids is 1. The minimum absolute atomic E-state index is 0.0660. The summed E-state index contributed by atoms with van der Waals surface area (Å²) in [6, 6.07) is 10.0. The normalized spacial score (nSPS) is 19.1. The third kappa shape index (κ3) is 5.48. The van der Waals surface area contributed by atoms with Gasteiger partial charge in [-0.25, -0.2) is 0 Å². The van der Waals surface area contributed by atoms with Crippen molar-refractivity contribution in [3.8, 4) is 0 Å². The standard InChI is InChI=1S/C24H35N5O/c1-19(25-23(30)13-12-20-8-4-2-5-9-20)24-27-26-22-14-15-28(16-17-29(22)24)18-21-10-6-3-7-11-21/h2,4-5,8-9,19,21H,3,6-7,10-18H2,1H3,(H,25,30)/t19-/m1/s1. The maximum Gasteiger partial charge on any atom is 0.220 e. The fourth-order valence-corrected chi connectivity index (χ4v) is 4.91. The molecular formula is C24H35N5O. The van der Waals surface area contributed by atoms with E-state index in [4.69, 9.17) is 0 Å². The lowest BCUT2D eigenvalue weighted by molar-refractivity contribution is -0.121. The molecule has 1 fully saturated rings. The number of rotatable bonds is 7. The summed E-state index contributed by atoms with van der Waals surface area (Å²) in [7, 11) is 0. The summed E-state index contributed by atoms with van der Waals surface area (Å²) in [5.41, 5.74) is 1.19. The molecular weight excluding hydrogens is 374 g/mol. The van der Waals surface area contributed by atoms with Crippen LogP contribution >= 0.6 is 0 Å². The van der Waals surface area contributed by atoms with E-state index in [0.29, 0.717) is 6.42 Å². The number of carbonyl (C=O) groups is 1. The first-order chi connectivity index (χ1) is 14.7. The molecule has 0 radical (unpaired) electrons. The summed E-state index contributed by atoms with van der Waals surface area (Å²) in [4.78, 5) is 15.1. The summed E-state index contributed by atoms with van der Waals surface area (Å²) in [6.07, 6.45) is 9.17. The molecule has 0 unspecified atom stereocenters. The number of benzene rings is 1. The van der Waals surface area contributed by atoms with Gasteiger partial charge >= 0.3 is 0 Å². The van der Waals surface area contributed by atoms with Gasteiger partial charge in [-0.1, -0.05) is 49.6 Å². The van der Waals surface area contributed by atoms with Crippen molar-refractivity contribution in [1.82, 2.24) is 25.0 Å². The van der Waals surface area contributed by atoms with E-state index >= 15 is 0 Å². The molecule has 1 atom stereocenters. The first-order valence-corrected chi connectivity index (χ1v) is 11.7. The van der Waals surface area contributed by atoms with Crippen molar-refractivity contribution < 1.29 is 4.79 Å². The van der Waals surface area contributed by atoms with E-state index in [-0.39, 0.29) is 11.9 Å². The van der Waals surface area contributed by atoms with E-state index in [2.05, 4.69) is 37.1 Å². The molecule has 2 aliphatic rings. The van der Waals surface area contributed by atoms with Gasteiger partial charge in [-0.05, 0) is 37.7 Å². The minimum Gasteiger partial charge on any atom is -0.346 e. The van der Waals surface area contributed by atoms with Gasteiger partial charge in [0.05, 0.1) is 6.04 Å². The minimum atomic E-state index is -0.126. The fourth-order valence-electron chi connectivity index (χ4n) is 4.91. The lowest BCUT2D eigenvalue weighted by atomic mass is 9.89. The van der Waals surface area contributed by atoms with E-state index in [9.17, 15) is 4.79 Å². The van der Waals surface area contributed by atoms with E-state index in [1.807, 2.05) is 25.1 Å². The van der Waals surface area contributed by atoms with Crippen molar-refractivity contribution in [2.24, 2.45) is 5.92 Å². The summed E-state index contributed by atoms with van der Waals surface area (Å²) >= 11 is 0. The first-order valence-electron chi connectivity index (χ1n) is 11.7. The molecule has 162 valence electrons. The molecule has 1 N–H and O–H groups in total. The maximum absolute atomic E-state index is 12.5. The van der Waals surface area contributed by atoms with Crippen molar-refractivity contribution in [3.63, 3.8) is 0 Å². The Morgan fingerprint density at radius 2 is 1.90 bits per heavy atom. The quantitative estimate of drug-likeness (QED) is 0.760. The topological polar surface area (TPSA) is 63.1 Å². The first kappa shape index (κ1) is 21.0. The number of nitrogens with one attached hydrogen (secondary N) is 1. The van der Waals surface area contributed by atoms with Crippen LogP contribution in [-0.2, 0) is 24.2 Å². The molecule has 0 saturated heterocycles. The van der Waals surface area contributed by atoms with Crippen molar-refractivity contribution in [1.29, 1.82) is 0 Å². The van der Waals surface area contributed by atoms with E-state index in [1.165, 1.54) is 44.2 Å². The predicted octanol–water partition coefficient (Wildman–Crippen LogP) is 3.53. The van der Waals surface area contributed by atoms with Crippen LogP contribution in [0.2, 0.25) is 0 Å². The highest BCUT2D eigenvalue weighted by atomic mass is 16.1. The molecule has 1 aliphatic carbocycles. The summed E-state index contributed by atoms with van der Waals surface area (Å²) in [6.45, 7) is 6.26. The average Bonchev–Trinajstić information content (AvgIpc) is 3.08. The number of aryl methyl sites for hydroxylation is 1. The van der Waals surface area contributed by atoms with Crippen LogP contribution in [0.5, 0.6) is 0 Å². The molecule has 1 aliphatic heterocycles. The van der Waals surface area contributed by atoms with Gasteiger partial charge in [-0.3, -0.25) is 4.79 Å². The summed E-state index contributed by atoms with van der Waals surface area (Å²) in [5.74, 6) is 2.87. The molecule has 1 aromatic carbocycles. The Bertz CT molecular complexity index is 812. The lowest BCUT2D eigenvalue weighted by Crippen LogP contribution is -2.33. The zero-order valence-electron chi connectivity index (χ0n) is 18.2. The third-order valence-electron chi connectivity index (χ3n) is 6.64. The Hall–Kier alpha value is -2.21.